The van der Waals surface area contributed by atoms with Crippen LogP contribution in [0.15, 0.2) is 44.6 Å². The summed E-state index contributed by atoms with van der Waals surface area (Å²) in [4.78, 5) is 24.1. The van der Waals surface area contributed by atoms with Gasteiger partial charge in [-0.1, -0.05) is 12.8 Å². The molecule has 3 aromatic rings. The van der Waals surface area contributed by atoms with Crippen LogP contribution < -0.4 is 20.9 Å². The number of benzene rings is 1. The number of aryl methyl sites for hydroxylation is 1. The first-order chi connectivity index (χ1) is 16.5. The van der Waals surface area contributed by atoms with Gasteiger partial charge in [0.2, 0.25) is 0 Å². The van der Waals surface area contributed by atoms with Gasteiger partial charge in [0.15, 0.2) is 11.6 Å². The summed E-state index contributed by atoms with van der Waals surface area (Å²) < 4.78 is 40.2. The Bertz CT molecular complexity index is 1430. The van der Waals surface area contributed by atoms with E-state index in [-0.39, 0.29) is 33.8 Å². The molecule has 5 rings (SSSR count). The van der Waals surface area contributed by atoms with Gasteiger partial charge >= 0.3 is 7.52 Å². The molecule has 1 aliphatic heterocycles. The number of aromatic nitrogens is 2. The molecule has 14 heteroatoms. The predicted octanol–water partition coefficient (Wildman–Crippen LogP) is 3.87. The molecule has 1 unspecified atom stereocenters. The first kappa shape index (κ1) is 24.0. The van der Waals surface area contributed by atoms with E-state index in [9.17, 15) is 28.5 Å². The van der Waals surface area contributed by atoms with Gasteiger partial charge in [0, 0.05) is 23.7 Å². The Morgan fingerprint density at radius 2 is 2.09 bits per heavy atom. The highest BCUT2D eigenvalue weighted by Gasteiger charge is 2.34. The van der Waals surface area contributed by atoms with Crippen LogP contribution in [-0.4, -0.2) is 41.0 Å². The number of anilines is 2. The van der Waals surface area contributed by atoms with E-state index in [0.717, 1.165) is 19.3 Å². The van der Waals surface area contributed by atoms with Gasteiger partial charge in [0.05, 0.1) is 16.7 Å². The van der Waals surface area contributed by atoms with Crippen LogP contribution in [0.3, 0.4) is 0 Å². The molecule has 0 bridgehead atoms. The Balaban J connectivity index is 1.60. The van der Waals surface area contributed by atoms with Gasteiger partial charge in [-0.3, -0.25) is 23.2 Å². The van der Waals surface area contributed by atoms with Crippen LogP contribution in [-0.2, 0) is 11.1 Å². The zero-order valence-corrected chi connectivity index (χ0v) is 21.1. The lowest BCUT2D eigenvalue weighted by Crippen LogP contribution is -2.34. The molecule has 11 nitrogen and oxygen atoms in total. The Morgan fingerprint density at radius 3 is 2.74 bits per heavy atom. The van der Waals surface area contributed by atoms with E-state index in [0.29, 0.717) is 18.0 Å². The van der Waals surface area contributed by atoms with Gasteiger partial charge in [0.25, 0.3) is 5.56 Å². The van der Waals surface area contributed by atoms with Crippen molar-refractivity contribution in [3.05, 3.63) is 50.9 Å². The molecule has 2 aromatic heterocycles. The highest BCUT2D eigenvalue weighted by molar-refractivity contribution is 8.24. The molecule has 6 N–H and O–H groups in total. The summed E-state index contributed by atoms with van der Waals surface area (Å²) in [7, 11) is -7.49. The molecule has 186 valence electrons. The third kappa shape index (κ3) is 5.01. The van der Waals surface area contributed by atoms with Gasteiger partial charge < -0.3 is 15.3 Å². The molecule has 2 aliphatic rings. The second kappa shape index (κ2) is 8.77. The lowest BCUT2D eigenvalue weighted by molar-refractivity contribution is 0.455. The summed E-state index contributed by atoms with van der Waals surface area (Å²) >= 11 is 1.41. The van der Waals surface area contributed by atoms with Gasteiger partial charge in [-0.2, -0.15) is 21.2 Å². The maximum absolute atomic E-state index is 13.4. The Hall–Kier alpha value is -2.67. The minimum Gasteiger partial charge on any atom is -0.505 e. The summed E-state index contributed by atoms with van der Waals surface area (Å²) in [6.07, 6.45) is 4.18. The lowest BCUT2D eigenvalue weighted by Gasteiger charge is -2.30. The van der Waals surface area contributed by atoms with Gasteiger partial charge in [-0.15, -0.1) is 10.8 Å². The van der Waals surface area contributed by atoms with E-state index in [2.05, 4.69) is 19.9 Å². The highest BCUT2D eigenvalue weighted by Crippen LogP contribution is 2.48. The number of aromatic hydroxyl groups is 1. The smallest absolute Gasteiger partial charge is 0.346 e. The van der Waals surface area contributed by atoms with Crippen LogP contribution in [0, 0.1) is 5.92 Å². The van der Waals surface area contributed by atoms with Crippen molar-refractivity contribution in [1.29, 1.82) is 0 Å². The van der Waals surface area contributed by atoms with Gasteiger partial charge in [-0.05, 0) is 42.0 Å². The molecule has 0 saturated heterocycles. The predicted molar refractivity (Wildman–Crippen MR) is 139 cm³/mol. The summed E-state index contributed by atoms with van der Waals surface area (Å²) in [5.41, 5.74) is 0.377. The molecule has 0 spiro atoms. The van der Waals surface area contributed by atoms with Crippen LogP contribution in [0.5, 0.6) is 5.75 Å². The molecule has 0 amide bonds. The van der Waals surface area contributed by atoms with E-state index in [1.807, 2.05) is 5.38 Å². The molecule has 1 aromatic carbocycles. The van der Waals surface area contributed by atoms with Crippen molar-refractivity contribution in [3.8, 4) is 17.0 Å². The number of nitrogens with zero attached hydrogens (tertiary/aromatic N) is 3. The zero-order chi connectivity index (χ0) is 25.0. The summed E-state index contributed by atoms with van der Waals surface area (Å²) in [5, 5.41) is 21.9. The van der Waals surface area contributed by atoms with E-state index in [1.54, 1.807) is 11.4 Å². The lowest BCUT2D eigenvalue weighted by atomic mass is 10.1. The summed E-state index contributed by atoms with van der Waals surface area (Å²) in [6, 6.07) is 6.01. The first-order valence-corrected chi connectivity index (χ1v) is 15.3. The number of fused-ring (bicyclic) bond motifs is 1. The second-order valence-electron chi connectivity index (χ2n) is 8.63. The van der Waals surface area contributed by atoms with Gasteiger partial charge in [-0.25, -0.2) is 4.68 Å². The Kier molecular flexibility index (Phi) is 6.02. The first-order valence-electron chi connectivity index (χ1n) is 10.7. The average Bonchev–Trinajstić information content (AvgIpc) is 3.43. The van der Waals surface area contributed by atoms with Gasteiger partial charge in [0.1, 0.15) is 11.3 Å². The third-order valence-corrected chi connectivity index (χ3v) is 8.49. The molecule has 1 saturated carbocycles. The highest BCUT2D eigenvalue weighted by atomic mass is 32.3. The Labute approximate surface area is 206 Å². The van der Waals surface area contributed by atoms with Crippen LogP contribution in [0.1, 0.15) is 24.8 Å². The zero-order valence-electron chi connectivity index (χ0n) is 18.6. The van der Waals surface area contributed by atoms with Crippen molar-refractivity contribution in [2.45, 2.75) is 25.8 Å². The van der Waals surface area contributed by atoms with Crippen LogP contribution in [0.2, 0.25) is 0 Å². The van der Waals surface area contributed by atoms with Crippen molar-refractivity contribution in [2.24, 2.45) is 10.7 Å². The fraction of sp³-hybridized carbons (Fsp3) is 0.286. The maximum Gasteiger partial charge on any atom is 0.346 e. The summed E-state index contributed by atoms with van der Waals surface area (Å²) in [5.74, 6) is -0.112. The fourth-order valence-corrected chi connectivity index (χ4v) is 6.35. The molecular weight excluding hydrogens is 513 g/mol. The fourth-order valence-electron chi connectivity index (χ4n) is 3.85. The molecule has 0 radical (unpaired) electrons. The monoisotopic (exact) mass is 537 g/mol. The van der Waals surface area contributed by atoms with Crippen molar-refractivity contribution in [3.63, 3.8) is 0 Å². The SMILES string of the molecule is CS(O)(O)Nc1ccc2c(c1)P(=O)(O)N=C(c1c(O)c(-c3ccsc3)nn(CCC3CC3)c1=O)N2. The van der Waals surface area contributed by atoms with E-state index >= 15 is 0 Å². The number of thiophene rings is 1. The van der Waals surface area contributed by atoms with Crippen LogP contribution in [0.25, 0.3) is 11.3 Å². The average molecular weight is 538 g/mol. The largest absolute Gasteiger partial charge is 0.505 e. The maximum atomic E-state index is 13.4. The van der Waals surface area contributed by atoms with Crippen LogP contribution >= 0.6 is 29.6 Å². The number of rotatable bonds is 7. The van der Waals surface area contributed by atoms with Crippen molar-refractivity contribution in [2.75, 3.05) is 16.3 Å². The molecule has 35 heavy (non-hydrogen) atoms. The van der Waals surface area contributed by atoms with Crippen molar-refractivity contribution >= 4 is 52.1 Å². The molecule has 1 aliphatic carbocycles. The van der Waals surface area contributed by atoms with E-state index in [4.69, 9.17) is 0 Å². The topological polar surface area (TPSA) is 169 Å². The number of hydrogen-bond donors (Lipinski definition) is 6. The second-order valence-corrected chi connectivity index (χ2v) is 13.1. The standard InChI is InChI=1S/C21H24N5O6PS2/c1-35(31,32)25-14-4-5-15-16(10-14)33(29,30)24-20(22-15)17-19(27)18(13-7-9-34-11-13)23-26(21(17)28)8-6-12-2-3-12/h4-5,7,9-12,25,27,31-32H,2-3,6,8H2,1H3,(H2,22,24,29,30). The third-order valence-electron chi connectivity index (χ3n) is 5.72. The number of hydrogen-bond acceptors (Lipinski definition) is 9. The van der Waals surface area contributed by atoms with Crippen LogP contribution in [0.4, 0.5) is 11.4 Å². The van der Waals surface area contributed by atoms with Crippen molar-refractivity contribution in [1.82, 2.24) is 9.78 Å². The molecule has 3 heterocycles. The molecule has 1 fully saturated rings. The summed E-state index contributed by atoms with van der Waals surface area (Å²) in [6.45, 7) is 0.354. The molecule has 1 atom stereocenters. The normalized spacial score (nSPS) is 20.1. The quantitative estimate of drug-likeness (QED) is 0.245. The van der Waals surface area contributed by atoms with Crippen molar-refractivity contribution < 1.29 is 23.7 Å². The Morgan fingerprint density at radius 1 is 1.31 bits per heavy atom. The molecular formula is C21H24N5O6PS2. The number of amidine groups is 1. The van der Waals surface area contributed by atoms with E-state index < -0.39 is 29.6 Å². The minimum absolute atomic E-state index is 0.0736. The number of nitrogens with one attached hydrogen (secondary N) is 2. The van der Waals surface area contributed by atoms with E-state index in [1.165, 1.54) is 40.5 Å². The minimum atomic E-state index is -4.39.